The van der Waals surface area contributed by atoms with Gasteiger partial charge in [-0.3, -0.25) is 53.1 Å². The van der Waals surface area contributed by atoms with E-state index >= 15 is 0 Å². The maximum Gasteiger partial charge on any atom is 0.352 e. The van der Waals surface area contributed by atoms with E-state index < -0.39 is 69.5 Å². The molecule has 280 valence electrons. The highest BCUT2D eigenvalue weighted by Gasteiger charge is 2.57. The number of carboxylic acid groups (broad SMARTS) is 1. The molecule has 2 aromatic heterocycles. The van der Waals surface area contributed by atoms with E-state index in [0.717, 1.165) is 39.8 Å². The average Bonchev–Trinajstić information content (AvgIpc) is 3.55. The maximum absolute atomic E-state index is 14.1. The summed E-state index contributed by atoms with van der Waals surface area (Å²) < 4.78 is 6.20. The number of H-pyrrole nitrogens is 1. The van der Waals surface area contributed by atoms with Gasteiger partial charge in [-0.2, -0.15) is 4.98 Å². The minimum absolute atomic E-state index is 0.0137. The third-order valence-electron chi connectivity index (χ3n) is 8.02. The molecule has 0 radical (unpaired) electrons. The number of aryl methyl sites for hydroxylation is 1. The molecule has 2 saturated heterocycles. The number of amides is 4. The molecule has 6 heterocycles. The monoisotopic (exact) mass is 808 g/mol. The van der Waals surface area contributed by atoms with Crippen LogP contribution in [0.3, 0.4) is 0 Å². The molecule has 53 heavy (non-hydrogen) atoms. The van der Waals surface area contributed by atoms with Crippen LogP contribution in [0.1, 0.15) is 12.6 Å². The standard InChI is InChI=1S/C28H28N10O11S4/c1-9(39)49-4-10-5-50-25-15(23(45)38(25)17(10)26(46)47)32-19(41)16-11(7-53-28-33-20(42)21(43)34-36(28)2)6-51-24-14(22(44)37(16)24)31-18(40)13(35-48-3)12-8-52-27(29)30-12/h8,14-15,24-25H,4-7H2,1-3H3,(H2,29,30)(H,31,40)(H,32,41)(H,34,43)(H,46,47)/b35-13-/t14-,15-,24-,25-/m1/s1. The molecule has 4 atom stereocenters. The molecule has 6 N–H and O–H groups in total. The van der Waals surface area contributed by atoms with Gasteiger partial charge in [-0.1, -0.05) is 16.9 Å². The molecule has 4 aliphatic rings. The number of aromatic nitrogens is 4. The number of esters is 1. The maximum atomic E-state index is 14.1. The highest BCUT2D eigenvalue weighted by Crippen LogP contribution is 2.43. The smallest absolute Gasteiger partial charge is 0.352 e. The number of nitrogens with one attached hydrogen (secondary N) is 3. The number of fused-ring (bicyclic) bond motifs is 2. The molecule has 0 bridgehead atoms. The fourth-order valence-corrected chi connectivity index (χ4v) is 9.93. The van der Waals surface area contributed by atoms with Gasteiger partial charge in [0, 0.05) is 42.2 Å². The van der Waals surface area contributed by atoms with Crippen molar-refractivity contribution in [2.24, 2.45) is 12.2 Å². The zero-order valence-corrected chi connectivity index (χ0v) is 30.9. The summed E-state index contributed by atoms with van der Waals surface area (Å²) in [5, 5.41) is 21.4. The van der Waals surface area contributed by atoms with Gasteiger partial charge in [0.25, 0.3) is 23.6 Å². The Hall–Kier alpha value is -5.14. The van der Waals surface area contributed by atoms with Crippen LogP contribution in [-0.4, -0.2) is 130 Å². The number of nitrogens with zero attached hydrogens (tertiary/aromatic N) is 6. The van der Waals surface area contributed by atoms with Crippen LogP contribution >= 0.6 is 46.6 Å². The number of carboxylic acids is 1. The second-order valence-electron chi connectivity index (χ2n) is 11.4. The molecule has 0 aliphatic carbocycles. The Morgan fingerprint density at radius 1 is 1.04 bits per heavy atom. The molecule has 2 aromatic rings. The molecule has 25 heteroatoms. The highest BCUT2D eigenvalue weighted by molar-refractivity contribution is 8.01. The number of aliphatic carboxylic acids is 1. The Morgan fingerprint density at radius 3 is 2.28 bits per heavy atom. The molecule has 21 nitrogen and oxygen atoms in total. The Morgan fingerprint density at radius 2 is 1.68 bits per heavy atom. The summed E-state index contributed by atoms with van der Waals surface area (Å²) in [5.74, 6) is -4.78. The lowest BCUT2D eigenvalue weighted by Crippen LogP contribution is -2.73. The lowest BCUT2D eigenvalue weighted by atomic mass is 10.00. The summed E-state index contributed by atoms with van der Waals surface area (Å²) in [5.41, 5.74) is 3.81. The second-order valence-corrected chi connectivity index (χ2v) is 15.4. The Balaban J connectivity index is 1.25. The van der Waals surface area contributed by atoms with Crippen molar-refractivity contribution >= 4 is 93.0 Å². The van der Waals surface area contributed by atoms with Gasteiger partial charge in [0.15, 0.2) is 16.0 Å². The van der Waals surface area contributed by atoms with E-state index in [4.69, 9.17) is 15.3 Å². The molecular formula is C28H28N10O11S4. The van der Waals surface area contributed by atoms with E-state index in [9.17, 15) is 43.5 Å². The number of nitrogens with two attached hydrogens (primary N) is 1. The first kappa shape index (κ1) is 37.6. The largest absolute Gasteiger partial charge is 0.477 e. The summed E-state index contributed by atoms with van der Waals surface area (Å²) in [6.45, 7) is 0.838. The Bertz CT molecular complexity index is 2160. The van der Waals surface area contributed by atoms with Crippen molar-refractivity contribution in [3.63, 3.8) is 0 Å². The molecular weight excluding hydrogens is 781 g/mol. The topological polar surface area (TPSA) is 291 Å². The van der Waals surface area contributed by atoms with Crippen LogP contribution in [0, 0.1) is 0 Å². The summed E-state index contributed by atoms with van der Waals surface area (Å²) in [7, 11) is 2.69. The van der Waals surface area contributed by atoms with Gasteiger partial charge in [0.2, 0.25) is 0 Å². The van der Waals surface area contributed by atoms with Crippen LogP contribution in [0.15, 0.2) is 47.8 Å². The summed E-state index contributed by atoms with van der Waals surface area (Å²) >= 11 is 4.46. The van der Waals surface area contributed by atoms with Gasteiger partial charge in [-0.15, -0.1) is 34.9 Å². The molecule has 4 aliphatic heterocycles. The van der Waals surface area contributed by atoms with Crippen molar-refractivity contribution in [2.45, 2.75) is 34.9 Å². The number of hydrogen-bond acceptors (Lipinski definition) is 18. The predicted molar refractivity (Wildman–Crippen MR) is 189 cm³/mol. The number of carbonyl (C=O) groups excluding carboxylic acids is 5. The molecule has 0 spiro atoms. The molecule has 6 rings (SSSR count). The van der Waals surface area contributed by atoms with E-state index in [-0.39, 0.29) is 62.5 Å². The summed E-state index contributed by atoms with van der Waals surface area (Å²) in [6.07, 6.45) is 0. The number of nitrogen functional groups attached to an aromatic ring is 1. The number of oxime groups is 1. The number of aromatic amines is 1. The molecule has 0 aromatic carbocycles. The van der Waals surface area contributed by atoms with Gasteiger partial charge < -0.3 is 31.0 Å². The number of β-lactam (4-membered cyclic amide) rings is 2. The van der Waals surface area contributed by atoms with Crippen molar-refractivity contribution in [3.8, 4) is 0 Å². The number of anilines is 1. The fraction of sp³-hybridized carbons (Fsp3) is 0.393. The number of carbonyl (C=O) groups is 6. The van der Waals surface area contributed by atoms with Crippen LogP contribution in [0.25, 0.3) is 0 Å². The zero-order chi connectivity index (χ0) is 38.3. The lowest BCUT2D eigenvalue weighted by molar-refractivity contribution is -0.151. The van der Waals surface area contributed by atoms with Crippen LogP contribution in [0.4, 0.5) is 5.13 Å². The molecule has 0 saturated carbocycles. The minimum Gasteiger partial charge on any atom is -0.477 e. The van der Waals surface area contributed by atoms with Gasteiger partial charge in [0.1, 0.15) is 53.6 Å². The lowest BCUT2D eigenvalue weighted by Gasteiger charge is -2.52. The molecule has 2 fully saturated rings. The number of thioether (sulfide) groups is 3. The van der Waals surface area contributed by atoms with Gasteiger partial charge >= 0.3 is 23.1 Å². The van der Waals surface area contributed by atoms with Crippen LogP contribution in [-0.2, 0) is 45.4 Å². The van der Waals surface area contributed by atoms with Crippen molar-refractivity contribution in [3.05, 3.63) is 54.3 Å². The van der Waals surface area contributed by atoms with E-state index in [1.165, 1.54) is 47.8 Å². The van der Waals surface area contributed by atoms with E-state index in [1.54, 1.807) is 0 Å². The summed E-state index contributed by atoms with van der Waals surface area (Å²) in [4.78, 5) is 116. The minimum atomic E-state index is -1.41. The van der Waals surface area contributed by atoms with Crippen molar-refractivity contribution in [1.82, 2.24) is 40.2 Å². The van der Waals surface area contributed by atoms with E-state index in [2.05, 4.69) is 30.9 Å². The van der Waals surface area contributed by atoms with Crippen molar-refractivity contribution < 1.29 is 43.4 Å². The number of thiazole rings is 1. The van der Waals surface area contributed by atoms with Gasteiger partial charge in [-0.25, -0.2) is 9.78 Å². The van der Waals surface area contributed by atoms with Gasteiger partial charge in [0.05, 0.1) is 0 Å². The SMILES string of the molecule is CO/N=C(\C(=O)N[C@@H]1C(=O)N2C(C(=O)N[C@@H]3C(=O)N4C(C(=O)O)=C(COC(C)=O)CS[C@H]34)=C(CSc3nc(=O)c(=O)[nH]n3C)CS[C@H]12)c1csc(N)n1. The van der Waals surface area contributed by atoms with Gasteiger partial charge in [-0.05, 0) is 5.57 Å². The van der Waals surface area contributed by atoms with E-state index in [1.807, 2.05) is 0 Å². The zero-order valence-electron chi connectivity index (χ0n) is 27.6. The third kappa shape index (κ3) is 7.15. The average molecular weight is 809 g/mol. The Labute approximate surface area is 313 Å². The van der Waals surface area contributed by atoms with Crippen molar-refractivity contribution in [1.29, 1.82) is 0 Å². The predicted octanol–water partition coefficient (Wildman–Crippen LogP) is -2.39. The normalized spacial score (nSPS) is 22.4. The number of ether oxygens (including phenoxy) is 1. The van der Waals surface area contributed by atoms with Crippen LogP contribution in [0.2, 0.25) is 0 Å². The van der Waals surface area contributed by atoms with Crippen LogP contribution in [0.5, 0.6) is 0 Å². The van der Waals surface area contributed by atoms with E-state index in [0.29, 0.717) is 5.57 Å². The number of rotatable bonds is 12. The van der Waals surface area contributed by atoms with Crippen molar-refractivity contribution in [2.75, 3.05) is 36.7 Å². The fourth-order valence-electron chi connectivity index (χ4n) is 5.65. The summed E-state index contributed by atoms with van der Waals surface area (Å²) in [6, 6.07) is -2.30. The first-order valence-electron chi connectivity index (χ1n) is 15.2. The first-order chi connectivity index (χ1) is 25.2. The molecule has 0 unspecified atom stereocenters. The highest BCUT2D eigenvalue weighted by atomic mass is 32.2. The molecule has 4 amide bonds. The van der Waals surface area contributed by atoms with Crippen LogP contribution < -0.4 is 27.5 Å². The Kier molecular flexibility index (Phi) is 10.7. The second kappa shape index (κ2) is 15.1. The quantitative estimate of drug-likeness (QED) is 0.0373. The first-order valence-corrected chi connectivity index (χ1v) is 19.1. The number of hydrogen-bond donors (Lipinski definition) is 5. The third-order valence-corrected chi connectivity index (χ3v) is 12.5.